The van der Waals surface area contributed by atoms with Crippen LogP contribution in [0.4, 0.5) is 0 Å². The van der Waals surface area contributed by atoms with Crippen LogP contribution in [0.1, 0.15) is 0 Å². The van der Waals surface area contributed by atoms with E-state index >= 15 is 0 Å². The molecule has 1 unspecified atom stereocenters. The molecule has 60 valence electrons. The lowest BCUT2D eigenvalue weighted by Crippen LogP contribution is -1.88. The topological polar surface area (TPSA) is 37.3 Å². The van der Waals surface area contributed by atoms with E-state index in [2.05, 4.69) is 15.9 Å². The Labute approximate surface area is 80.0 Å². The minimum absolute atomic E-state index is 0.231. The van der Waals surface area contributed by atoms with Crippen LogP contribution in [0.15, 0.2) is 27.6 Å². The maximum absolute atomic E-state index is 10.5. The molecule has 1 aromatic rings. The van der Waals surface area contributed by atoms with Crippen LogP contribution in [0.2, 0.25) is 5.02 Å². The number of halogens is 2. The van der Waals surface area contributed by atoms with Crippen LogP contribution in [0.25, 0.3) is 0 Å². The number of hydrogen-bond donors (Lipinski definition) is 1. The van der Waals surface area contributed by atoms with Crippen LogP contribution in [0.3, 0.4) is 0 Å². The van der Waals surface area contributed by atoms with E-state index in [0.29, 0.717) is 5.02 Å². The van der Waals surface area contributed by atoms with Crippen molar-refractivity contribution in [2.45, 2.75) is 4.90 Å². The highest BCUT2D eigenvalue weighted by Crippen LogP contribution is 2.23. The average Bonchev–Trinajstić information content (AvgIpc) is 1.85. The lowest BCUT2D eigenvalue weighted by Gasteiger charge is -1.97. The van der Waals surface area contributed by atoms with Gasteiger partial charge in [0.2, 0.25) is 0 Å². The second-order valence-electron chi connectivity index (χ2n) is 1.82. The normalized spacial score (nSPS) is 13.0. The molecule has 0 fully saturated rings. The number of benzene rings is 1. The third-order valence-electron chi connectivity index (χ3n) is 1.08. The first-order chi connectivity index (χ1) is 5.11. The maximum atomic E-state index is 10.5. The number of rotatable bonds is 1. The molecule has 2 nitrogen and oxygen atoms in total. The fraction of sp³-hybridized carbons (Fsp3) is 0. The zero-order valence-corrected chi connectivity index (χ0v) is 8.41. The van der Waals surface area contributed by atoms with Crippen molar-refractivity contribution in [2.24, 2.45) is 0 Å². The summed E-state index contributed by atoms with van der Waals surface area (Å²) in [5.74, 6) is 0. The molecule has 0 saturated carbocycles. The molecule has 1 rings (SSSR count). The molecule has 0 aliphatic rings. The third-order valence-corrected chi connectivity index (χ3v) is 2.73. The largest absolute Gasteiger partial charge is 0.302 e. The predicted molar refractivity (Wildman–Crippen MR) is 48.2 cm³/mol. The van der Waals surface area contributed by atoms with Gasteiger partial charge in [-0.1, -0.05) is 27.5 Å². The highest BCUT2D eigenvalue weighted by Gasteiger charge is 2.05. The second kappa shape index (κ2) is 3.67. The van der Waals surface area contributed by atoms with E-state index in [4.69, 9.17) is 16.2 Å². The van der Waals surface area contributed by atoms with Crippen molar-refractivity contribution in [2.75, 3.05) is 0 Å². The van der Waals surface area contributed by atoms with Crippen LogP contribution >= 0.6 is 27.5 Å². The van der Waals surface area contributed by atoms with Crippen molar-refractivity contribution < 1.29 is 8.76 Å². The molecule has 0 aliphatic carbocycles. The van der Waals surface area contributed by atoms with Crippen LogP contribution in [-0.2, 0) is 11.1 Å². The van der Waals surface area contributed by atoms with Gasteiger partial charge in [0.15, 0.2) is 11.1 Å². The highest BCUT2D eigenvalue weighted by molar-refractivity contribution is 9.10. The molecule has 1 atom stereocenters. The molecule has 0 spiro atoms. The summed E-state index contributed by atoms with van der Waals surface area (Å²) in [5, 5.41) is 0.292. The van der Waals surface area contributed by atoms with Crippen LogP contribution < -0.4 is 0 Å². The van der Waals surface area contributed by atoms with Crippen LogP contribution in [0, 0.1) is 0 Å². The maximum Gasteiger partial charge on any atom is 0.188 e. The Bertz CT molecular complexity index is 303. The molecular weight excluding hydrogens is 251 g/mol. The quantitative estimate of drug-likeness (QED) is 0.784. The fourth-order valence-corrected chi connectivity index (χ4v) is 1.90. The lowest BCUT2D eigenvalue weighted by atomic mass is 10.4. The summed E-state index contributed by atoms with van der Waals surface area (Å²) in [6.07, 6.45) is 0. The average molecular weight is 256 g/mol. The Hall–Kier alpha value is 0.1000. The fourth-order valence-electron chi connectivity index (χ4n) is 0.617. The minimum atomic E-state index is -2.00. The van der Waals surface area contributed by atoms with E-state index in [1.165, 1.54) is 6.07 Å². The Morgan fingerprint density at radius 1 is 1.55 bits per heavy atom. The van der Waals surface area contributed by atoms with Gasteiger partial charge in [-0.2, -0.15) is 0 Å². The first kappa shape index (κ1) is 9.19. The van der Waals surface area contributed by atoms with E-state index in [9.17, 15) is 4.21 Å². The van der Waals surface area contributed by atoms with Gasteiger partial charge in [-0.25, -0.2) is 4.21 Å². The van der Waals surface area contributed by atoms with Gasteiger partial charge in [0, 0.05) is 4.47 Å². The summed E-state index contributed by atoms with van der Waals surface area (Å²) in [4.78, 5) is 0.231. The summed E-state index contributed by atoms with van der Waals surface area (Å²) in [7, 11) is 0. The Balaban J connectivity index is 3.20. The van der Waals surface area contributed by atoms with Gasteiger partial charge in [0.25, 0.3) is 0 Å². The van der Waals surface area contributed by atoms with Gasteiger partial charge < -0.3 is 4.55 Å². The Kier molecular flexibility index (Phi) is 3.06. The summed E-state index contributed by atoms with van der Waals surface area (Å²) in [5.41, 5.74) is 0. The zero-order valence-electron chi connectivity index (χ0n) is 5.25. The highest BCUT2D eigenvalue weighted by atomic mass is 79.9. The summed E-state index contributed by atoms with van der Waals surface area (Å²) in [6, 6.07) is 4.74. The summed E-state index contributed by atoms with van der Waals surface area (Å²) in [6.45, 7) is 0. The predicted octanol–water partition coefficient (Wildman–Crippen LogP) is 2.68. The van der Waals surface area contributed by atoms with Gasteiger partial charge in [0.1, 0.15) is 0 Å². The Morgan fingerprint density at radius 3 is 2.64 bits per heavy atom. The molecule has 0 aliphatic heterocycles. The van der Waals surface area contributed by atoms with Gasteiger partial charge >= 0.3 is 0 Å². The van der Waals surface area contributed by atoms with Crippen molar-refractivity contribution in [3.8, 4) is 0 Å². The van der Waals surface area contributed by atoms with Crippen LogP contribution in [0.5, 0.6) is 0 Å². The van der Waals surface area contributed by atoms with E-state index in [-0.39, 0.29) is 4.90 Å². The molecule has 0 saturated heterocycles. The van der Waals surface area contributed by atoms with Gasteiger partial charge in [-0.05, 0) is 18.2 Å². The molecule has 5 heteroatoms. The third kappa shape index (κ3) is 2.27. The molecule has 0 heterocycles. The van der Waals surface area contributed by atoms with E-state index in [1.54, 1.807) is 12.1 Å². The van der Waals surface area contributed by atoms with Crippen molar-refractivity contribution in [3.05, 3.63) is 27.7 Å². The first-order valence-electron chi connectivity index (χ1n) is 2.67. The molecule has 1 N–H and O–H groups in total. The standard InChI is InChI=1S/C6H4BrClO2S/c7-4-1-2-6(11(9)10)5(8)3-4/h1-3H,(H,9,10). The Morgan fingerprint density at radius 2 is 2.18 bits per heavy atom. The van der Waals surface area contributed by atoms with Crippen LogP contribution in [-0.4, -0.2) is 8.76 Å². The summed E-state index contributed by atoms with van der Waals surface area (Å²) >= 11 is 6.82. The van der Waals surface area contributed by atoms with Crippen molar-refractivity contribution in [3.63, 3.8) is 0 Å². The molecule has 0 aromatic heterocycles. The van der Waals surface area contributed by atoms with Gasteiger partial charge in [-0.3, -0.25) is 0 Å². The molecule has 0 bridgehead atoms. The zero-order chi connectivity index (χ0) is 8.43. The monoisotopic (exact) mass is 254 g/mol. The van der Waals surface area contributed by atoms with E-state index < -0.39 is 11.1 Å². The molecule has 11 heavy (non-hydrogen) atoms. The molecule has 1 aromatic carbocycles. The smallest absolute Gasteiger partial charge is 0.188 e. The first-order valence-corrected chi connectivity index (χ1v) is 4.95. The van der Waals surface area contributed by atoms with Crippen molar-refractivity contribution in [1.82, 2.24) is 0 Å². The summed E-state index contributed by atoms with van der Waals surface area (Å²) < 4.78 is 20.0. The van der Waals surface area contributed by atoms with E-state index in [1.807, 2.05) is 0 Å². The second-order valence-corrected chi connectivity index (χ2v) is 4.08. The van der Waals surface area contributed by atoms with E-state index in [0.717, 1.165) is 4.47 Å². The minimum Gasteiger partial charge on any atom is -0.302 e. The van der Waals surface area contributed by atoms with Crippen molar-refractivity contribution >= 4 is 38.6 Å². The lowest BCUT2D eigenvalue weighted by molar-refractivity contribution is 0.564. The molecule has 0 radical (unpaired) electrons. The molecular formula is C6H4BrClO2S. The van der Waals surface area contributed by atoms with Gasteiger partial charge in [0.05, 0.1) is 9.92 Å². The SMILES string of the molecule is O=S(O)c1ccc(Br)cc1Cl. The molecule has 0 amide bonds. The van der Waals surface area contributed by atoms with Gasteiger partial charge in [-0.15, -0.1) is 0 Å². The number of hydrogen-bond acceptors (Lipinski definition) is 1. The van der Waals surface area contributed by atoms with Crippen molar-refractivity contribution in [1.29, 1.82) is 0 Å².